The number of hydrogen-bond acceptors (Lipinski definition) is 1. The van der Waals surface area contributed by atoms with E-state index < -0.39 is 0 Å². The summed E-state index contributed by atoms with van der Waals surface area (Å²) in [5, 5.41) is 6.25. The molecule has 3 heteroatoms. The van der Waals surface area contributed by atoms with Crippen LogP contribution in [-0.2, 0) is 15.1 Å². The molecule has 0 aromatic heterocycles. The van der Waals surface area contributed by atoms with Crippen LogP contribution in [0.2, 0.25) is 0 Å². The molecular formula is CClCuN. The van der Waals surface area contributed by atoms with Gasteiger partial charge >= 0.3 is 25.2 Å². The minimum atomic E-state index is 3.66. The summed E-state index contributed by atoms with van der Waals surface area (Å²) in [4.78, 5) is 0. The quantitative estimate of drug-likeness (QED) is 0.346. The van der Waals surface area contributed by atoms with Crippen molar-refractivity contribution in [3.63, 3.8) is 0 Å². The Kier molecular flexibility index (Phi) is 430. The first-order valence-electron chi connectivity index (χ1n) is 0.338. The first-order chi connectivity index (χ1) is 2.00. The fraction of sp³-hybridized carbons (Fsp3) is 0. The monoisotopic (exact) mass is 124 g/mol. The maximum atomic E-state index is 6.25. The van der Waals surface area contributed by atoms with Gasteiger partial charge in [-0.25, -0.2) is 0 Å². The van der Waals surface area contributed by atoms with Crippen LogP contribution in [0.25, 0.3) is 0 Å². The molecule has 0 N–H and O–H groups in total. The topological polar surface area (TPSA) is 23.8 Å². The summed E-state index contributed by atoms with van der Waals surface area (Å²) >= 11 is 3.66. The van der Waals surface area contributed by atoms with Gasteiger partial charge in [0.15, 0.2) is 0 Å². The minimum absolute atomic E-state index is 3.66. The van der Waals surface area contributed by atoms with Crippen molar-refractivity contribution < 1.29 is 15.1 Å². The number of rotatable bonds is 0. The number of halogens is 1. The Morgan fingerprint density at radius 3 is 1.50 bits per heavy atom. The molecule has 27 valence electrons. The van der Waals surface area contributed by atoms with E-state index >= 15 is 0 Å². The average Bonchev–Trinajstić information content (AvgIpc) is 1.50. The van der Waals surface area contributed by atoms with E-state index in [9.17, 15) is 0 Å². The third-order valence-corrected chi connectivity index (χ3v) is 0. The predicted molar refractivity (Wildman–Crippen MR) is 10.8 cm³/mol. The van der Waals surface area contributed by atoms with Crippen molar-refractivity contribution in [3.8, 4) is 0 Å². The Morgan fingerprint density at radius 2 is 1.50 bits per heavy atom. The van der Waals surface area contributed by atoms with Crippen molar-refractivity contribution in [2.45, 2.75) is 0 Å². The zero-order chi connectivity index (χ0) is 4.00. The van der Waals surface area contributed by atoms with Gasteiger partial charge in [0.25, 0.3) is 0 Å². The third-order valence-electron chi connectivity index (χ3n) is 0. The molecule has 0 heterocycles. The molecule has 0 saturated heterocycles. The van der Waals surface area contributed by atoms with Crippen molar-refractivity contribution in [3.05, 3.63) is 6.57 Å². The van der Waals surface area contributed by atoms with Crippen molar-refractivity contribution in [2.24, 2.45) is 0 Å². The fourth-order valence-electron chi connectivity index (χ4n) is 0. The fourth-order valence-corrected chi connectivity index (χ4v) is 0. The van der Waals surface area contributed by atoms with E-state index in [-0.39, 0.29) is 0 Å². The summed E-state index contributed by atoms with van der Waals surface area (Å²) in [7, 11) is 4.20. The van der Waals surface area contributed by atoms with Gasteiger partial charge in [0.05, 0.1) is 0 Å². The molecule has 0 aromatic rings. The van der Waals surface area contributed by atoms with Gasteiger partial charge in [-0.1, -0.05) is 0 Å². The van der Waals surface area contributed by atoms with Crippen LogP contribution in [0.1, 0.15) is 0 Å². The molecule has 0 bridgehead atoms. The molecule has 0 unspecified atom stereocenters. The van der Waals surface area contributed by atoms with E-state index in [4.69, 9.17) is 11.8 Å². The zero-order valence-electron chi connectivity index (χ0n) is 1.63. The molecule has 0 fully saturated rings. The second kappa shape index (κ2) is 195. The molecule has 0 amide bonds. The van der Waals surface area contributed by atoms with Crippen LogP contribution in [0.15, 0.2) is 0 Å². The van der Waals surface area contributed by atoms with Gasteiger partial charge in [-0.2, -0.15) is 0 Å². The van der Waals surface area contributed by atoms with Crippen LogP contribution in [0.5, 0.6) is 0 Å². The second-order valence-corrected chi connectivity index (χ2v) is 0. The van der Waals surface area contributed by atoms with Gasteiger partial charge in [0, 0.05) is 0 Å². The molecule has 0 aromatic carbocycles. The Labute approximate surface area is 37.6 Å². The van der Waals surface area contributed by atoms with E-state index in [1.807, 2.05) is 0 Å². The summed E-state index contributed by atoms with van der Waals surface area (Å²) in [6, 6.07) is 0. The Hall–Kier alpha value is 0.299. The van der Waals surface area contributed by atoms with Gasteiger partial charge in [-0.3, -0.25) is 0 Å². The van der Waals surface area contributed by atoms with Crippen LogP contribution in [0.3, 0.4) is 0 Å². The zero-order valence-corrected chi connectivity index (χ0v) is 3.32. The van der Waals surface area contributed by atoms with Crippen molar-refractivity contribution in [1.82, 2.24) is 0 Å². The van der Waals surface area contributed by atoms with Gasteiger partial charge < -0.3 is 11.8 Å². The normalized spacial score (nSPS) is 2.25. The van der Waals surface area contributed by atoms with E-state index in [0.29, 0.717) is 0 Å². The Morgan fingerprint density at radius 1 is 1.50 bits per heavy atom. The molecule has 0 rings (SSSR count). The number of nitrogens with zero attached hydrogens (tertiary/aromatic N) is 1. The van der Waals surface area contributed by atoms with Crippen LogP contribution >= 0.6 is 10.1 Å². The van der Waals surface area contributed by atoms with Crippen molar-refractivity contribution in [1.29, 1.82) is 5.26 Å². The molecule has 0 radical (unpaired) electrons. The van der Waals surface area contributed by atoms with Crippen molar-refractivity contribution in [2.75, 3.05) is 0 Å². The summed E-state index contributed by atoms with van der Waals surface area (Å²) < 4.78 is 0. The molecular weight excluding hydrogens is 125 g/mol. The summed E-state index contributed by atoms with van der Waals surface area (Å²) in [6.07, 6.45) is 0. The Balaban J connectivity index is 0. The van der Waals surface area contributed by atoms with Crippen molar-refractivity contribution >= 4 is 10.1 Å². The molecule has 1 nitrogen and oxygen atoms in total. The molecule has 0 aliphatic heterocycles. The first kappa shape index (κ1) is 8.85. The van der Waals surface area contributed by atoms with Crippen LogP contribution in [-0.4, -0.2) is 0 Å². The summed E-state index contributed by atoms with van der Waals surface area (Å²) in [5.74, 6) is 0. The van der Waals surface area contributed by atoms with E-state index in [0.717, 1.165) is 0 Å². The average molecular weight is 125 g/mol. The van der Waals surface area contributed by atoms with E-state index in [1.54, 1.807) is 0 Å². The van der Waals surface area contributed by atoms with Gasteiger partial charge in [-0.05, 0) is 0 Å². The molecule has 0 aliphatic carbocycles. The third kappa shape index (κ3) is 43.3. The van der Waals surface area contributed by atoms with Crippen LogP contribution in [0.4, 0.5) is 0 Å². The summed E-state index contributed by atoms with van der Waals surface area (Å²) in [6.45, 7) is 4.75. The second-order valence-electron chi connectivity index (χ2n) is 0. The van der Waals surface area contributed by atoms with E-state index in [2.05, 4.69) is 25.2 Å². The standard InChI is InChI=1S/CN.ClH.Cu/c1-2;;/h;1H;/q-1;;+2/p-1. The van der Waals surface area contributed by atoms with Gasteiger partial charge in [0.1, 0.15) is 0 Å². The summed E-state index contributed by atoms with van der Waals surface area (Å²) in [5.41, 5.74) is 0. The molecule has 4 heavy (non-hydrogen) atoms. The molecule has 0 atom stereocenters. The number of hydrogen-bond donors (Lipinski definition) is 0. The van der Waals surface area contributed by atoms with Crippen LogP contribution in [0, 0.1) is 11.8 Å². The molecule has 0 aliphatic rings. The van der Waals surface area contributed by atoms with Gasteiger partial charge in [-0.15, -0.1) is 0 Å². The van der Waals surface area contributed by atoms with E-state index in [1.165, 1.54) is 0 Å². The SMILES string of the molecule is [C-]#N.[Cl][Cu+]. The van der Waals surface area contributed by atoms with Crippen LogP contribution < -0.4 is 0 Å². The van der Waals surface area contributed by atoms with Gasteiger partial charge in [0.2, 0.25) is 0 Å². The first-order valence-corrected chi connectivity index (χ1v) is 1.63. The maximum absolute atomic E-state index is 6.25. The molecule has 0 saturated carbocycles. The molecule has 0 spiro atoms. The predicted octanol–water partition coefficient (Wildman–Crippen LogP) is 0.783. The Bertz CT molecular complexity index is 12.8.